The van der Waals surface area contributed by atoms with Gasteiger partial charge >= 0.3 is 0 Å². The van der Waals surface area contributed by atoms with Gasteiger partial charge < -0.3 is 10.6 Å². The van der Waals surface area contributed by atoms with Crippen molar-refractivity contribution in [2.24, 2.45) is 5.73 Å². The monoisotopic (exact) mass is 281 g/mol. The van der Waals surface area contributed by atoms with Gasteiger partial charge in [-0.1, -0.05) is 13.0 Å². The van der Waals surface area contributed by atoms with Gasteiger partial charge in [0, 0.05) is 25.3 Å². The zero-order valence-electron chi connectivity index (χ0n) is 12.6. The molecule has 2 unspecified atom stereocenters. The minimum Gasteiger partial charge on any atom is -0.357 e. The first kappa shape index (κ1) is 16.3. The highest BCUT2D eigenvalue weighted by molar-refractivity contribution is 7.98. The van der Waals surface area contributed by atoms with Crippen LogP contribution in [0, 0.1) is 0 Å². The number of rotatable bonds is 8. The summed E-state index contributed by atoms with van der Waals surface area (Å²) >= 11 is 1.89. The molecule has 2 atom stereocenters. The topological polar surface area (TPSA) is 42.1 Å². The quantitative estimate of drug-likeness (QED) is 0.795. The van der Waals surface area contributed by atoms with E-state index < -0.39 is 0 Å². The predicted molar refractivity (Wildman–Crippen MR) is 87.1 cm³/mol. The third-order valence-corrected chi connectivity index (χ3v) is 4.25. The lowest BCUT2D eigenvalue weighted by Gasteiger charge is -2.28. The Bertz CT molecular complexity index is 370. The molecule has 0 radical (unpaired) electrons. The van der Waals surface area contributed by atoms with E-state index in [1.807, 2.05) is 24.0 Å². The summed E-state index contributed by atoms with van der Waals surface area (Å²) in [4.78, 5) is 6.84. The second-order valence-electron chi connectivity index (χ2n) is 5.10. The molecule has 0 bridgehead atoms. The molecule has 0 spiro atoms. The van der Waals surface area contributed by atoms with Gasteiger partial charge in [-0.25, -0.2) is 4.98 Å². The number of hydrogen-bond donors (Lipinski definition) is 1. The summed E-state index contributed by atoms with van der Waals surface area (Å²) < 4.78 is 0. The number of aromatic nitrogens is 1. The Kier molecular flexibility index (Phi) is 7.24. The van der Waals surface area contributed by atoms with Gasteiger partial charge in [-0.15, -0.1) is 0 Å². The molecule has 0 fully saturated rings. The molecule has 0 aliphatic heterocycles. The van der Waals surface area contributed by atoms with Crippen LogP contribution in [0.1, 0.15) is 32.3 Å². The predicted octanol–water partition coefficient (Wildman–Crippen LogP) is 2.94. The molecule has 1 rings (SSSR count). The maximum Gasteiger partial charge on any atom is 0.131 e. The SMILES string of the molecule is CCC(N)Cc1cccnc1N(C)C(C)CCSC. The van der Waals surface area contributed by atoms with Gasteiger partial charge in [0.1, 0.15) is 5.82 Å². The number of thioether (sulfide) groups is 1. The summed E-state index contributed by atoms with van der Waals surface area (Å²) in [6, 6.07) is 4.87. The van der Waals surface area contributed by atoms with Crippen LogP contribution in [-0.2, 0) is 6.42 Å². The van der Waals surface area contributed by atoms with E-state index >= 15 is 0 Å². The van der Waals surface area contributed by atoms with Crippen molar-refractivity contribution >= 4 is 17.6 Å². The molecule has 1 aromatic rings. The van der Waals surface area contributed by atoms with Crippen LogP contribution in [0.3, 0.4) is 0 Å². The van der Waals surface area contributed by atoms with Crippen LogP contribution >= 0.6 is 11.8 Å². The first-order valence-electron chi connectivity index (χ1n) is 7.01. The average Bonchev–Trinajstić information content (AvgIpc) is 2.44. The third kappa shape index (κ3) is 5.03. The fourth-order valence-electron chi connectivity index (χ4n) is 2.02. The second-order valence-corrected chi connectivity index (χ2v) is 6.09. The molecular formula is C15H27N3S. The molecule has 0 aliphatic rings. The van der Waals surface area contributed by atoms with Gasteiger partial charge in [0.15, 0.2) is 0 Å². The molecule has 0 amide bonds. The number of nitrogens with two attached hydrogens (primary N) is 1. The number of anilines is 1. The Morgan fingerprint density at radius 3 is 2.84 bits per heavy atom. The normalized spacial score (nSPS) is 14.2. The Balaban J connectivity index is 2.80. The van der Waals surface area contributed by atoms with Gasteiger partial charge in [-0.3, -0.25) is 0 Å². The fourth-order valence-corrected chi connectivity index (χ4v) is 2.60. The molecule has 3 nitrogen and oxygen atoms in total. The molecule has 4 heteroatoms. The van der Waals surface area contributed by atoms with E-state index in [4.69, 9.17) is 5.73 Å². The highest BCUT2D eigenvalue weighted by atomic mass is 32.2. The summed E-state index contributed by atoms with van der Waals surface area (Å²) in [6.45, 7) is 4.39. The maximum absolute atomic E-state index is 6.08. The van der Waals surface area contributed by atoms with Crippen LogP contribution in [0.25, 0.3) is 0 Å². The van der Waals surface area contributed by atoms with Crippen molar-refractivity contribution in [1.82, 2.24) is 4.98 Å². The van der Waals surface area contributed by atoms with Crippen molar-refractivity contribution < 1.29 is 0 Å². The van der Waals surface area contributed by atoms with E-state index in [0.717, 1.165) is 18.7 Å². The fraction of sp³-hybridized carbons (Fsp3) is 0.667. The van der Waals surface area contributed by atoms with Gasteiger partial charge in [-0.2, -0.15) is 11.8 Å². The van der Waals surface area contributed by atoms with E-state index in [-0.39, 0.29) is 6.04 Å². The van der Waals surface area contributed by atoms with Crippen LogP contribution in [0.2, 0.25) is 0 Å². The summed E-state index contributed by atoms with van der Waals surface area (Å²) in [6.07, 6.45) is 7.10. The van der Waals surface area contributed by atoms with Crippen molar-refractivity contribution in [2.75, 3.05) is 24.0 Å². The third-order valence-electron chi connectivity index (χ3n) is 3.61. The van der Waals surface area contributed by atoms with Gasteiger partial charge in [0.05, 0.1) is 0 Å². The smallest absolute Gasteiger partial charge is 0.131 e. The van der Waals surface area contributed by atoms with Crippen LogP contribution in [0.5, 0.6) is 0 Å². The standard InChI is InChI=1S/C15H27N3S/c1-5-14(16)11-13-7-6-9-17-15(13)18(3)12(2)8-10-19-4/h6-7,9,12,14H,5,8,10-11,16H2,1-4H3. The highest BCUT2D eigenvalue weighted by Crippen LogP contribution is 2.21. The molecule has 0 saturated carbocycles. The zero-order chi connectivity index (χ0) is 14.3. The molecule has 1 aromatic heterocycles. The van der Waals surface area contributed by atoms with Crippen LogP contribution in [-0.4, -0.2) is 36.1 Å². The molecule has 108 valence electrons. The molecule has 19 heavy (non-hydrogen) atoms. The molecular weight excluding hydrogens is 254 g/mol. The number of nitrogens with zero attached hydrogens (tertiary/aromatic N) is 2. The molecule has 1 heterocycles. The average molecular weight is 281 g/mol. The lowest BCUT2D eigenvalue weighted by Crippen LogP contribution is -2.32. The lowest BCUT2D eigenvalue weighted by molar-refractivity contribution is 0.629. The van der Waals surface area contributed by atoms with Crippen LogP contribution < -0.4 is 10.6 Å². The van der Waals surface area contributed by atoms with Gasteiger partial charge in [-0.05, 0) is 49.8 Å². The van der Waals surface area contributed by atoms with Crippen molar-refractivity contribution in [3.05, 3.63) is 23.9 Å². The lowest BCUT2D eigenvalue weighted by atomic mass is 10.0. The summed E-state index contributed by atoms with van der Waals surface area (Å²) in [5.41, 5.74) is 7.34. The summed E-state index contributed by atoms with van der Waals surface area (Å²) in [5, 5.41) is 0. The molecule has 0 aromatic carbocycles. The van der Waals surface area contributed by atoms with E-state index in [1.54, 1.807) is 0 Å². The summed E-state index contributed by atoms with van der Waals surface area (Å²) in [7, 11) is 2.13. The van der Waals surface area contributed by atoms with Crippen molar-refractivity contribution in [1.29, 1.82) is 0 Å². The Morgan fingerprint density at radius 1 is 1.47 bits per heavy atom. The van der Waals surface area contributed by atoms with Crippen molar-refractivity contribution in [3.63, 3.8) is 0 Å². The van der Waals surface area contributed by atoms with E-state index in [2.05, 4.69) is 43.1 Å². The zero-order valence-corrected chi connectivity index (χ0v) is 13.4. The number of hydrogen-bond acceptors (Lipinski definition) is 4. The van der Waals surface area contributed by atoms with Crippen molar-refractivity contribution in [2.45, 2.75) is 45.2 Å². The van der Waals surface area contributed by atoms with E-state index in [0.29, 0.717) is 6.04 Å². The Labute approximate surface area is 122 Å². The van der Waals surface area contributed by atoms with Crippen LogP contribution in [0.4, 0.5) is 5.82 Å². The maximum atomic E-state index is 6.08. The van der Waals surface area contributed by atoms with Gasteiger partial charge in [0.2, 0.25) is 0 Å². The highest BCUT2D eigenvalue weighted by Gasteiger charge is 2.15. The molecule has 0 saturated heterocycles. The first-order valence-corrected chi connectivity index (χ1v) is 8.40. The largest absolute Gasteiger partial charge is 0.357 e. The first-order chi connectivity index (χ1) is 9.10. The van der Waals surface area contributed by atoms with Crippen LogP contribution in [0.15, 0.2) is 18.3 Å². The van der Waals surface area contributed by atoms with Crippen molar-refractivity contribution in [3.8, 4) is 0 Å². The second kappa shape index (κ2) is 8.43. The molecule has 0 aliphatic carbocycles. The van der Waals surface area contributed by atoms with Gasteiger partial charge in [0.25, 0.3) is 0 Å². The minimum absolute atomic E-state index is 0.220. The summed E-state index contributed by atoms with van der Waals surface area (Å²) in [5.74, 6) is 2.27. The Morgan fingerprint density at radius 2 is 2.21 bits per heavy atom. The van der Waals surface area contributed by atoms with E-state index in [9.17, 15) is 0 Å². The Hall–Kier alpha value is -0.740. The number of pyridine rings is 1. The minimum atomic E-state index is 0.220. The molecule has 2 N–H and O–H groups in total. The van der Waals surface area contributed by atoms with E-state index in [1.165, 1.54) is 17.7 Å².